The number of nitrogens with one attached hydrogen (secondary N) is 1. The first kappa shape index (κ1) is 19.2. The lowest BCUT2D eigenvalue weighted by Gasteiger charge is -2.28. The fourth-order valence-electron chi connectivity index (χ4n) is 3.95. The molecule has 1 amide bonds. The SMILES string of the molecule is CCCc1c(C)cccc1C(=O)NC1(C(=O)OCC)Cc2ccccc2C1. The van der Waals surface area contributed by atoms with Crippen LogP contribution in [0.1, 0.15) is 52.9 Å². The summed E-state index contributed by atoms with van der Waals surface area (Å²) in [5.41, 5.74) is 3.94. The van der Waals surface area contributed by atoms with E-state index in [4.69, 9.17) is 4.74 Å². The zero-order valence-corrected chi connectivity index (χ0v) is 16.3. The number of aryl methyl sites for hydroxylation is 1. The van der Waals surface area contributed by atoms with Crippen LogP contribution in [0.2, 0.25) is 0 Å². The summed E-state index contributed by atoms with van der Waals surface area (Å²) in [6.45, 7) is 6.20. The molecule has 1 N–H and O–H groups in total. The molecule has 0 unspecified atom stereocenters. The van der Waals surface area contributed by atoms with Crippen LogP contribution in [0.5, 0.6) is 0 Å². The molecule has 0 spiro atoms. The highest BCUT2D eigenvalue weighted by molar-refractivity contribution is 6.00. The molecule has 0 atom stereocenters. The number of amides is 1. The minimum absolute atomic E-state index is 0.206. The molecule has 0 fully saturated rings. The Morgan fingerprint density at radius 3 is 2.30 bits per heavy atom. The summed E-state index contributed by atoms with van der Waals surface area (Å²) >= 11 is 0. The first-order valence-corrected chi connectivity index (χ1v) is 9.65. The van der Waals surface area contributed by atoms with Crippen LogP contribution in [-0.2, 0) is 28.8 Å². The molecule has 0 saturated carbocycles. The Balaban J connectivity index is 1.94. The predicted molar refractivity (Wildman–Crippen MR) is 106 cm³/mol. The maximum Gasteiger partial charge on any atom is 0.332 e. The lowest BCUT2D eigenvalue weighted by Crippen LogP contribution is -2.56. The van der Waals surface area contributed by atoms with Gasteiger partial charge in [0, 0.05) is 18.4 Å². The van der Waals surface area contributed by atoms with Gasteiger partial charge in [-0.15, -0.1) is 0 Å². The topological polar surface area (TPSA) is 55.4 Å². The van der Waals surface area contributed by atoms with E-state index in [1.807, 2.05) is 49.4 Å². The zero-order valence-electron chi connectivity index (χ0n) is 16.3. The van der Waals surface area contributed by atoms with Gasteiger partial charge in [0.2, 0.25) is 0 Å². The third-order valence-corrected chi connectivity index (χ3v) is 5.28. The first-order valence-electron chi connectivity index (χ1n) is 9.65. The van der Waals surface area contributed by atoms with Gasteiger partial charge in [-0.25, -0.2) is 4.79 Å². The molecule has 3 rings (SSSR count). The van der Waals surface area contributed by atoms with Gasteiger partial charge in [-0.2, -0.15) is 0 Å². The summed E-state index contributed by atoms with van der Waals surface area (Å²) < 4.78 is 5.34. The molecule has 1 aliphatic rings. The lowest BCUT2D eigenvalue weighted by atomic mass is 9.93. The largest absolute Gasteiger partial charge is 0.464 e. The van der Waals surface area contributed by atoms with Crippen LogP contribution >= 0.6 is 0 Å². The molecule has 0 heterocycles. The van der Waals surface area contributed by atoms with E-state index in [2.05, 4.69) is 12.2 Å². The van der Waals surface area contributed by atoms with Crippen LogP contribution in [0.4, 0.5) is 0 Å². The normalized spacial score (nSPS) is 14.5. The Morgan fingerprint density at radius 1 is 1.04 bits per heavy atom. The fraction of sp³-hybridized carbons (Fsp3) is 0.391. The summed E-state index contributed by atoms with van der Waals surface area (Å²) in [6.07, 6.45) is 2.72. The van der Waals surface area contributed by atoms with Crippen molar-refractivity contribution < 1.29 is 14.3 Å². The van der Waals surface area contributed by atoms with Crippen molar-refractivity contribution in [2.75, 3.05) is 6.61 Å². The molecule has 142 valence electrons. The quantitative estimate of drug-likeness (QED) is 0.793. The third-order valence-electron chi connectivity index (χ3n) is 5.28. The molecule has 0 saturated heterocycles. The van der Waals surface area contributed by atoms with E-state index in [1.165, 1.54) is 0 Å². The van der Waals surface area contributed by atoms with Crippen molar-refractivity contribution in [1.82, 2.24) is 5.32 Å². The van der Waals surface area contributed by atoms with Gasteiger partial charge in [0.25, 0.3) is 5.91 Å². The van der Waals surface area contributed by atoms with E-state index < -0.39 is 5.54 Å². The number of ether oxygens (including phenoxy) is 1. The van der Waals surface area contributed by atoms with Crippen LogP contribution in [0.25, 0.3) is 0 Å². The second kappa shape index (κ2) is 7.95. The molecule has 4 nitrogen and oxygen atoms in total. The van der Waals surface area contributed by atoms with Gasteiger partial charge >= 0.3 is 5.97 Å². The lowest BCUT2D eigenvalue weighted by molar-refractivity contribution is -0.150. The van der Waals surface area contributed by atoms with Gasteiger partial charge in [-0.3, -0.25) is 4.79 Å². The minimum Gasteiger partial charge on any atom is -0.464 e. The molecule has 2 aromatic carbocycles. The molecule has 0 radical (unpaired) electrons. The Morgan fingerprint density at radius 2 is 1.70 bits per heavy atom. The number of benzene rings is 2. The second-order valence-corrected chi connectivity index (χ2v) is 7.23. The molecule has 0 aliphatic heterocycles. The highest BCUT2D eigenvalue weighted by Crippen LogP contribution is 2.32. The van der Waals surface area contributed by atoms with Crippen molar-refractivity contribution in [3.8, 4) is 0 Å². The van der Waals surface area contributed by atoms with Gasteiger partial charge in [0.1, 0.15) is 5.54 Å². The van der Waals surface area contributed by atoms with Gasteiger partial charge in [0.05, 0.1) is 6.61 Å². The highest BCUT2D eigenvalue weighted by Gasteiger charge is 2.46. The van der Waals surface area contributed by atoms with Crippen molar-refractivity contribution in [3.05, 3.63) is 70.3 Å². The summed E-state index contributed by atoms with van der Waals surface area (Å²) in [5, 5.41) is 3.05. The van der Waals surface area contributed by atoms with Crippen LogP contribution in [0.3, 0.4) is 0 Å². The number of esters is 1. The van der Waals surface area contributed by atoms with Crippen molar-refractivity contribution in [3.63, 3.8) is 0 Å². The van der Waals surface area contributed by atoms with Crippen LogP contribution in [0, 0.1) is 6.92 Å². The molecule has 4 heteroatoms. The van der Waals surface area contributed by atoms with E-state index in [0.29, 0.717) is 25.0 Å². The van der Waals surface area contributed by atoms with Crippen LogP contribution in [-0.4, -0.2) is 24.0 Å². The highest BCUT2D eigenvalue weighted by atomic mass is 16.5. The van der Waals surface area contributed by atoms with E-state index in [9.17, 15) is 9.59 Å². The number of hydrogen-bond acceptors (Lipinski definition) is 3. The van der Waals surface area contributed by atoms with Gasteiger partial charge in [-0.1, -0.05) is 49.7 Å². The Kier molecular flexibility index (Phi) is 5.64. The van der Waals surface area contributed by atoms with Crippen molar-refractivity contribution in [1.29, 1.82) is 0 Å². The summed E-state index contributed by atoms with van der Waals surface area (Å²) in [7, 11) is 0. The molecule has 0 aromatic heterocycles. The predicted octanol–water partition coefficient (Wildman–Crippen LogP) is 3.78. The molecule has 0 bridgehead atoms. The maximum absolute atomic E-state index is 13.2. The molecular weight excluding hydrogens is 338 g/mol. The average Bonchev–Trinajstić information content (AvgIpc) is 3.03. The van der Waals surface area contributed by atoms with E-state index in [1.54, 1.807) is 6.92 Å². The Bertz CT molecular complexity index is 831. The summed E-state index contributed by atoms with van der Waals surface area (Å²) in [4.78, 5) is 26.0. The Hall–Kier alpha value is -2.62. The van der Waals surface area contributed by atoms with Gasteiger partial charge < -0.3 is 10.1 Å². The molecule has 2 aromatic rings. The molecule has 27 heavy (non-hydrogen) atoms. The van der Waals surface area contributed by atoms with Gasteiger partial charge in [0.15, 0.2) is 0 Å². The molecular formula is C23H27NO3. The fourth-order valence-corrected chi connectivity index (χ4v) is 3.95. The molecule has 1 aliphatic carbocycles. The summed E-state index contributed by atoms with van der Waals surface area (Å²) in [6, 6.07) is 13.7. The minimum atomic E-state index is -1.04. The monoisotopic (exact) mass is 365 g/mol. The first-order chi connectivity index (χ1) is 13.0. The standard InChI is InChI=1S/C23H27NO3/c1-4-9-19-16(3)10-8-13-20(19)21(25)24-23(22(26)27-5-2)14-17-11-6-7-12-18(17)15-23/h6-8,10-13H,4-5,9,14-15H2,1-3H3,(H,24,25). The maximum atomic E-state index is 13.2. The number of fused-ring (bicyclic) bond motifs is 1. The van der Waals surface area contributed by atoms with Crippen molar-refractivity contribution in [2.45, 2.75) is 52.0 Å². The Labute approximate surface area is 160 Å². The number of hydrogen-bond donors (Lipinski definition) is 1. The van der Waals surface area contributed by atoms with E-state index in [-0.39, 0.29) is 11.9 Å². The summed E-state index contributed by atoms with van der Waals surface area (Å²) in [5.74, 6) is -0.567. The smallest absolute Gasteiger partial charge is 0.332 e. The van der Waals surface area contributed by atoms with Crippen LogP contribution < -0.4 is 5.32 Å². The van der Waals surface area contributed by atoms with Gasteiger partial charge in [-0.05, 0) is 48.6 Å². The second-order valence-electron chi connectivity index (χ2n) is 7.23. The van der Waals surface area contributed by atoms with Crippen molar-refractivity contribution >= 4 is 11.9 Å². The van der Waals surface area contributed by atoms with E-state index >= 15 is 0 Å². The zero-order chi connectivity index (χ0) is 19.4. The number of carbonyl (C=O) groups is 2. The van der Waals surface area contributed by atoms with Crippen LogP contribution in [0.15, 0.2) is 42.5 Å². The van der Waals surface area contributed by atoms with E-state index in [0.717, 1.165) is 35.1 Å². The average molecular weight is 365 g/mol. The third kappa shape index (κ3) is 3.75. The number of rotatable bonds is 6. The van der Waals surface area contributed by atoms with Crippen molar-refractivity contribution in [2.24, 2.45) is 0 Å². The number of carbonyl (C=O) groups excluding carboxylic acids is 2.